The summed E-state index contributed by atoms with van der Waals surface area (Å²) in [4.78, 5) is 0. The minimum absolute atomic E-state index is 0.0346. The molecule has 0 spiro atoms. The molecular weight excluding hydrogens is 782 g/mol. The van der Waals surface area contributed by atoms with Crippen LogP contribution in [0.15, 0.2) is 84.9 Å². The van der Waals surface area contributed by atoms with E-state index < -0.39 is 8.85 Å². The number of fused-ring (bicyclic) bond motifs is 1. The topological polar surface area (TPSA) is 18.5 Å². The molecule has 8 heteroatoms. The molecule has 4 rings (SSSR count). The molecule has 2 unspecified atom stereocenters. The zero-order valence-corrected chi connectivity index (χ0v) is 31.6. The molecule has 1 aliphatic rings. The summed E-state index contributed by atoms with van der Waals surface area (Å²) in [6.07, 6.45) is 7.15. The molecule has 1 aliphatic heterocycles. The molecule has 2 atom stereocenters. The molecule has 0 aromatic heterocycles. The van der Waals surface area contributed by atoms with Gasteiger partial charge in [-0.05, 0) is 0 Å². The zero-order valence-electron chi connectivity index (χ0n) is 23.0. The third-order valence-corrected chi connectivity index (χ3v) is 33.0. The Hall–Kier alpha value is 0.518. The molecule has 3 aromatic carbocycles. The maximum atomic E-state index is 7.24. The van der Waals surface area contributed by atoms with Gasteiger partial charge in [0.1, 0.15) is 0 Å². The number of benzene rings is 3. The van der Waals surface area contributed by atoms with E-state index in [4.69, 9.17) is 9.05 Å². The maximum absolute atomic E-state index is 7.24. The summed E-state index contributed by atoms with van der Waals surface area (Å²) in [5.74, 6) is 0. The van der Waals surface area contributed by atoms with Crippen molar-refractivity contribution < 1.29 is 9.05 Å². The van der Waals surface area contributed by atoms with E-state index in [1.165, 1.54) is 47.4 Å². The second-order valence-electron chi connectivity index (χ2n) is 10.2. The third kappa shape index (κ3) is 9.01. The fraction of sp³-hybridized carbons (Fsp3) is 0.419. The van der Waals surface area contributed by atoms with Crippen molar-refractivity contribution in [2.24, 2.45) is 5.41 Å². The van der Waals surface area contributed by atoms with Crippen molar-refractivity contribution >= 4 is 78.7 Å². The van der Waals surface area contributed by atoms with Gasteiger partial charge < -0.3 is 0 Å². The van der Waals surface area contributed by atoms with E-state index in [1.807, 2.05) is 0 Å². The van der Waals surface area contributed by atoms with Crippen LogP contribution in [-0.4, -0.2) is 72.4 Å². The molecule has 0 bridgehead atoms. The Labute approximate surface area is 263 Å². The van der Waals surface area contributed by atoms with Crippen LogP contribution in [0, 0.1) is 5.41 Å². The first-order valence-corrected chi connectivity index (χ1v) is 28.6. The van der Waals surface area contributed by atoms with Crippen molar-refractivity contribution in [1.82, 2.24) is 0 Å². The average molecular weight is 822 g/mol. The third-order valence-electron chi connectivity index (χ3n) is 7.25. The van der Waals surface area contributed by atoms with Gasteiger partial charge in [0, 0.05) is 0 Å². The van der Waals surface area contributed by atoms with E-state index in [-0.39, 0.29) is 5.41 Å². The second kappa shape index (κ2) is 15.8. The molecule has 2 nitrogen and oxygen atoms in total. The van der Waals surface area contributed by atoms with Crippen molar-refractivity contribution in [3.63, 3.8) is 0 Å². The molecule has 0 amide bonds. The molecule has 0 saturated carbocycles. The van der Waals surface area contributed by atoms with Gasteiger partial charge in [-0.25, -0.2) is 0 Å². The van der Waals surface area contributed by atoms with Gasteiger partial charge in [-0.1, -0.05) is 0 Å². The first kappa shape index (κ1) is 32.4. The van der Waals surface area contributed by atoms with Gasteiger partial charge in [-0.3, -0.25) is 0 Å². The Morgan fingerprint density at radius 2 is 1.03 bits per heavy atom. The molecule has 0 aliphatic carbocycles. The standard InChI is InChI=1S/C31H40O2P2Se4/c1-3-5-21-31(22-6-4-2)25-32-34(36,29-17-9-7-10-18-29)38-23-27-15-13-14-16-28(27)24-39-35(37,33-26-31)30-19-11-8-12-20-30/h7-20H,3-6,21-26H2,1-2H3. The second-order valence-corrected chi connectivity index (χ2v) is 38.7. The van der Waals surface area contributed by atoms with Gasteiger partial charge in [0.2, 0.25) is 0 Å². The van der Waals surface area contributed by atoms with Gasteiger partial charge in [0.05, 0.1) is 0 Å². The van der Waals surface area contributed by atoms with Gasteiger partial charge in [0.15, 0.2) is 0 Å². The van der Waals surface area contributed by atoms with Crippen molar-refractivity contribution in [3.05, 3.63) is 96.1 Å². The monoisotopic (exact) mass is 826 g/mol. The summed E-state index contributed by atoms with van der Waals surface area (Å²) in [5, 5.41) is 4.91. The molecular formula is C31H40O2P2Se4. The van der Waals surface area contributed by atoms with Crippen LogP contribution in [-0.2, 0) is 19.7 Å². The first-order chi connectivity index (χ1) is 18.9. The molecule has 0 radical (unpaired) electrons. The number of rotatable bonds is 8. The summed E-state index contributed by atoms with van der Waals surface area (Å²) in [6, 6.07) is 31.1. The van der Waals surface area contributed by atoms with Crippen LogP contribution >= 0.6 is 8.85 Å². The minimum atomic E-state index is -1.88. The summed E-state index contributed by atoms with van der Waals surface area (Å²) in [7, 11) is 0. The van der Waals surface area contributed by atoms with E-state index in [0.29, 0.717) is 29.0 Å². The Kier molecular flexibility index (Phi) is 13.2. The van der Waals surface area contributed by atoms with Crippen LogP contribution in [0.2, 0.25) is 0 Å². The van der Waals surface area contributed by atoms with Gasteiger partial charge in [0.25, 0.3) is 0 Å². The molecule has 0 saturated heterocycles. The summed E-state index contributed by atoms with van der Waals surface area (Å²) >= 11 is 7.97. The Morgan fingerprint density at radius 1 is 0.641 bits per heavy atom. The summed E-state index contributed by atoms with van der Waals surface area (Å²) in [6.45, 7) is 6.16. The van der Waals surface area contributed by atoms with Crippen molar-refractivity contribution in [1.29, 1.82) is 0 Å². The van der Waals surface area contributed by atoms with Crippen molar-refractivity contribution in [3.8, 4) is 0 Å². The SMILES string of the molecule is CCCCC1(CCCC)COP(=[Se])(c2ccccc2)[Se]Cc2ccccc2C[Se]P(=[Se])(c2ccccc2)OC1. The van der Waals surface area contributed by atoms with Gasteiger partial charge in [-0.15, -0.1) is 0 Å². The number of hydrogen-bond donors (Lipinski definition) is 0. The first-order valence-electron chi connectivity index (χ1n) is 13.9. The van der Waals surface area contributed by atoms with Gasteiger partial charge >= 0.3 is 265 Å². The molecule has 0 N–H and O–H groups in total. The van der Waals surface area contributed by atoms with Crippen molar-refractivity contribution in [2.75, 3.05) is 13.2 Å². The van der Waals surface area contributed by atoms with Crippen molar-refractivity contribution in [2.45, 2.75) is 63.0 Å². The van der Waals surface area contributed by atoms with E-state index in [2.05, 4.69) is 129 Å². The molecule has 210 valence electrons. The van der Waals surface area contributed by atoms with Crippen LogP contribution in [0.5, 0.6) is 0 Å². The van der Waals surface area contributed by atoms with Crippen LogP contribution in [0.1, 0.15) is 63.5 Å². The molecule has 1 heterocycles. The fourth-order valence-corrected chi connectivity index (χ4v) is 23.8. The van der Waals surface area contributed by atoms with Crippen LogP contribution < -0.4 is 10.6 Å². The van der Waals surface area contributed by atoms with E-state index in [0.717, 1.165) is 36.7 Å². The van der Waals surface area contributed by atoms with E-state index in [1.54, 1.807) is 0 Å². The molecule has 3 aromatic rings. The quantitative estimate of drug-likeness (QED) is 0.180. The predicted octanol–water partition coefficient (Wildman–Crippen LogP) is 7.02. The molecule has 39 heavy (non-hydrogen) atoms. The van der Waals surface area contributed by atoms with Gasteiger partial charge in [-0.2, -0.15) is 0 Å². The van der Waals surface area contributed by atoms with E-state index >= 15 is 0 Å². The van der Waals surface area contributed by atoms with E-state index in [9.17, 15) is 0 Å². The normalized spacial score (nSPS) is 24.1. The molecule has 0 fully saturated rings. The number of unbranched alkanes of at least 4 members (excludes halogenated alkanes) is 2. The summed E-state index contributed by atoms with van der Waals surface area (Å²) in [5.41, 5.74) is 3.01. The van der Waals surface area contributed by atoms with Crippen LogP contribution in [0.25, 0.3) is 0 Å². The number of hydrogen-bond acceptors (Lipinski definition) is 2. The Balaban J connectivity index is 1.78. The Bertz CT molecular complexity index is 1170. The predicted molar refractivity (Wildman–Crippen MR) is 176 cm³/mol. The Morgan fingerprint density at radius 3 is 1.41 bits per heavy atom. The van der Waals surface area contributed by atoms with Crippen LogP contribution in [0.4, 0.5) is 0 Å². The average Bonchev–Trinajstić information content (AvgIpc) is 3.00. The summed E-state index contributed by atoms with van der Waals surface area (Å²) < 4.78 is 10.7. The zero-order chi connectivity index (χ0) is 27.6. The fourth-order valence-electron chi connectivity index (χ4n) is 4.74. The van der Waals surface area contributed by atoms with Crippen LogP contribution in [0.3, 0.4) is 0 Å².